The summed E-state index contributed by atoms with van der Waals surface area (Å²) < 4.78 is 35.4. The second kappa shape index (κ2) is 8.79. The third-order valence-electron chi connectivity index (χ3n) is 4.61. The van der Waals surface area contributed by atoms with Crippen molar-refractivity contribution in [3.63, 3.8) is 0 Å². The van der Waals surface area contributed by atoms with Crippen LogP contribution >= 0.6 is 0 Å². The van der Waals surface area contributed by atoms with Crippen LogP contribution in [0.25, 0.3) is 0 Å². The highest BCUT2D eigenvalue weighted by Crippen LogP contribution is 2.26. The highest BCUT2D eigenvalue weighted by Gasteiger charge is 2.25. The van der Waals surface area contributed by atoms with Crippen LogP contribution in [-0.4, -0.2) is 29.6 Å². The molecule has 0 bridgehead atoms. The van der Waals surface area contributed by atoms with Crippen molar-refractivity contribution in [3.05, 3.63) is 53.9 Å². The van der Waals surface area contributed by atoms with Crippen LogP contribution in [0.3, 0.4) is 0 Å². The first-order valence-corrected chi connectivity index (χ1v) is 8.96. The number of carbonyl (C=O) groups excluding carboxylic acids is 1. The fraction of sp³-hybridized carbons (Fsp3) is 0.400. The van der Waals surface area contributed by atoms with Crippen molar-refractivity contribution in [1.82, 2.24) is 10.3 Å². The lowest BCUT2D eigenvalue weighted by Gasteiger charge is -2.30. The van der Waals surface area contributed by atoms with Gasteiger partial charge < -0.3 is 14.8 Å². The number of hydrogen-bond donors (Lipinski definition) is 1. The predicted octanol–water partition coefficient (Wildman–Crippen LogP) is 4.11. The molecule has 0 spiro atoms. The summed E-state index contributed by atoms with van der Waals surface area (Å²) >= 11 is 0. The van der Waals surface area contributed by atoms with Gasteiger partial charge in [0.1, 0.15) is 11.5 Å². The van der Waals surface area contributed by atoms with Gasteiger partial charge in [0.05, 0.1) is 17.4 Å². The average molecular weight is 376 g/mol. The number of aryl methyl sites for hydroxylation is 1. The number of halogens is 2. The molecule has 1 N–H and O–H groups in total. The minimum atomic E-state index is -2.97. The third-order valence-corrected chi connectivity index (χ3v) is 4.61. The van der Waals surface area contributed by atoms with Gasteiger partial charge in [-0.2, -0.15) is 8.78 Å². The molecule has 5 nitrogen and oxygen atoms in total. The number of alkyl halides is 2. The van der Waals surface area contributed by atoms with Crippen molar-refractivity contribution in [2.75, 3.05) is 0 Å². The van der Waals surface area contributed by atoms with E-state index >= 15 is 0 Å². The van der Waals surface area contributed by atoms with Crippen LogP contribution in [0.5, 0.6) is 11.5 Å². The molecule has 1 aromatic heterocycles. The van der Waals surface area contributed by atoms with Gasteiger partial charge in [0.15, 0.2) is 0 Å². The van der Waals surface area contributed by atoms with Gasteiger partial charge in [0.2, 0.25) is 0 Å². The van der Waals surface area contributed by atoms with E-state index in [0.717, 1.165) is 37.1 Å². The van der Waals surface area contributed by atoms with Crippen molar-refractivity contribution in [2.45, 2.75) is 51.4 Å². The predicted molar refractivity (Wildman–Crippen MR) is 96.2 cm³/mol. The van der Waals surface area contributed by atoms with E-state index in [4.69, 9.17) is 4.74 Å². The maximum atomic E-state index is 12.5. The number of aromatic nitrogens is 1. The van der Waals surface area contributed by atoms with E-state index in [1.54, 1.807) is 18.3 Å². The number of nitrogens with zero attached hydrogens (tertiary/aromatic N) is 1. The maximum absolute atomic E-state index is 12.5. The number of para-hydroxylation sites is 1. The normalized spacial score (nSPS) is 19.6. The summed E-state index contributed by atoms with van der Waals surface area (Å²) in [5.41, 5.74) is 0.964. The zero-order valence-corrected chi connectivity index (χ0v) is 15.0. The van der Waals surface area contributed by atoms with E-state index < -0.39 is 12.5 Å². The number of amides is 1. The molecule has 0 aliphatic heterocycles. The van der Waals surface area contributed by atoms with Gasteiger partial charge in [0, 0.05) is 12.2 Å². The molecule has 2 aromatic rings. The number of pyridine rings is 1. The summed E-state index contributed by atoms with van der Waals surface area (Å²) in [6.45, 7) is -1.07. The Morgan fingerprint density at radius 2 is 1.81 bits per heavy atom. The zero-order valence-electron chi connectivity index (χ0n) is 15.0. The van der Waals surface area contributed by atoms with Gasteiger partial charge in [-0.1, -0.05) is 12.1 Å². The zero-order chi connectivity index (χ0) is 19.2. The minimum absolute atomic E-state index is 0.0213. The number of ether oxygens (including phenoxy) is 2. The SMILES string of the molecule is Cc1ncccc1OC1CCC(NC(=O)c2ccccc2OC(F)F)CC1. The third kappa shape index (κ3) is 5.15. The summed E-state index contributed by atoms with van der Waals surface area (Å²) in [6.07, 6.45) is 4.92. The lowest BCUT2D eigenvalue weighted by atomic mass is 9.92. The van der Waals surface area contributed by atoms with Crippen LogP contribution < -0.4 is 14.8 Å². The Kier molecular flexibility index (Phi) is 6.21. The molecule has 1 saturated carbocycles. The van der Waals surface area contributed by atoms with E-state index in [1.807, 2.05) is 19.1 Å². The highest BCUT2D eigenvalue weighted by molar-refractivity contribution is 5.97. The van der Waals surface area contributed by atoms with E-state index in [9.17, 15) is 13.6 Å². The second-order valence-electron chi connectivity index (χ2n) is 6.53. The highest BCUT2D eigenvalue weighted by atomic mass is 19.3. The minimum Gasteiger partial charge on any atom is -0.489 e. The second-order valence-corrected chi connectivity index (χ2v) is 6.53. The lowest BCUT2D eigenvalue weighted by molar-refractivity contribution is -0.0501. The molecular weight excluding hydrogens is 354 g/mol. The molecule has 1 aliphatic carbocycles. The number of hydrogen-bond acceptors (Lipinski definition) is 4. The van der Waals surface area contributed by atoms with Crippen molar-refractivity contribution in [1.29, 1.82) is 0 Å². The van der Waals surface area contributed by atoms with Gasteiger partial charge in [-0.15, -0.1) is 0 Å². The molecule has 1 aliphatic rings. The van der Waals surface area contributed by atoms with Gasteiger partial charge in [-0.05, 0) is 56.9 Å². The first-order valence-electron chi connectivity index (χ1n) is 8.96. The largest absolute Gasteiger partial charge is 0.489 e. The van der Waals surface area contributed by atoms with E-state index in [0.29, 0.717) is 0 Å². The molecule has 0 saturated heterocycles. The van der Waals surface area contributed by atoms with E-state index in [2.05, 4.69) is 15.0 Å². The molecule has 7 heteroatoms. The molecule has 1 aromatic carbocycles. The van der Waals surface area contributed by atoms with Crippen molar-refractivity contribution in [3.8, 4) is 11.5 Å². The van der Waals surface area contributed by atoms with Crippen LogP contribution in [-0.2, 0) is 0 Å². The molecule has 27 heavy (non-hydrogen) atoms. The molecule has 0 unspecified atom stereocenters. The van der Waals surface area contributed by atoms with Gasteiger partial charge in [-0.3, -0.25) is 9.78 Å². The molecule has 0 atom stereocenters. The van der Waals surface area contributed by atoms with Gasteiger partial charge in [-0.25, -0.2) is 0 Å². The molecule has 144 valence electrons. The fourth-order valence-electron chi connectivity index (χ4n) is 3.21. The Hall–Kier alpha value is -2.70. The summed E-state index contributed by atoms with van der Waals surface area (Å²) in [7, 11) is 0. The summed E-state index contributed by atoms with van der Waals surface area (Å²) in [6, 6.07) is 9.73. The van der Waals surface area contributed by atoms with Gasteiger partial charge in [0.25, 0.3) is 5.91 Å². The summed E-state index contributed by atoms with van der Waals surface area (Å²) in [4.78, 5) is 16.7. The quantitative estimate of drug-likeness (QED) is 0.824. The standard InChI is InChI=1S/C20H22F2N2O3/c1-13-17(7-4-12-23-13)26-15-10-8-14(9-11-15)24-19(25)16-5-2-3-6-18(16)27-20(21)22/h2-7,12,14-15,20H,8-11H2,1H3,(H,24,25). The first-order chi connectivity index (χ1) is 13.0. The Bertz CT molecular complexity index is 777. The molecular formula is C20H22F2N2O3. The summed E-state index contributed by atoms with van der Waals surface area (Å²) in [5.74, 6) is 0.260. The molecule has 3 rings (SSSR count). The topological polar surface area (TPSA) is 60.5 Å². The Morgan fingerprint density at radius 1 is 1.11 bits per heavy atom. The van der Waals surface area contributed by atoms with Crippen LogP contribution in [0.2, 0.25) is 0 Å². The van der Waals surface area contributed by atoms with Crippen LogP contribution in [0.15, 0.2) is 42.6 Å². The Labute approximate surface area is 156 Å². The van der Waals surface area contributed by atoms with E-state index in [1.165, 1.54) is 12.1 Å². The Balaban J connectivity index is 1.53. The van der Waals surface area contributed by atoms with Crippen LogP contribution in [0.1, 0.15) is 41.7 Å². The van der Waals surface area contributed by atoms with Crippen molar-refractivity contribution in [2.24, 2.45) is 0 Å². The maximum Gasteiger partial charge on any atom is 0.387 e. The fourth-order valence-corrected chi connectivity index (χ4v) is 3.21. The molecule has 0 radical (unpaired) electrons. The number of rotatable bonds is 6. The smallest absolute Gasteiger partial charge is 0.387 e. The van der Waals surface area contributed by atoms with Crippen LogP contribution in [0.4, 0.5) is 8.78 Å². The molecule has 1 fully saturated rings. The summed E-state index contributed by atoms with van der Waals surface area (Å²) in [5, 5.41) is 2.91. The monoisotopic (exact) mass is 376 g/mol. The number of nitrogens with one attached hydrogen (secondary N) is 1. The van der Waals surface area contributed by atoms with E-state index in [-0.39, 0.29) is 23.5 Å². The number of carbonyl (C=O) groups is 1. The van der Waals surface area contributed by atoms with Crippen molar-refractivity contribution < 1.29 is 23.0 Å². The lowest BCUT2D eigenvalue weighted by Crippen LogP contribution is -2.39. The first kappa shape index (κ1) is 19.1. The van der Waals surface area contributed by atoms with Crippen LogP contribution in [0, 0.1) is 6.92 Å². The molecule has 1 heterocycles. The molecule has 1 amide bonds. The Morgan fingerprint density at radius 3 is 2.52 bits per heavy atom. The number of benzene rings is 1. The average Bonchev–Trinajstić information content (AvgIpc) is 2.65. The van der Waals surface area contributed by atoms with Gasteiger partial charge >= 0.3 is 6.61 Å². The van der Waals surface area contributed by atoms with Crippen molar-refractivity contribution >= 4 is 5.91 Å².